The third-order valence-corrected chi connectivity index (χ3v) is 7.27. The Balaban J connectivity index is 1.56. The number of fused-ring (bicyclic) bond motifs is 4. The molecule has 3 heterocycles. The molecule has 0 aromatic heterocycles. The molecule has 3 aliphatic rings. The van der Waals surface area contributed by atoms with Crippen molar-refractivity contribution in [1.82, 2.24) is 10.2 Å². The summed E-state index contributed by atoms with van der Waals surface area (Å²) < 4.78 is 5.16. The molecular formula is C24H22ClN3O6. The van der Waals surface area contributed by atoms with Crippen LogP contribution in [-0.4, -0.2) is 46.8 Å². The Labute approximate surface area is 200 Å². The smallest absolute Gasteiger partial charge is 0.303 e. The van der Waals surface area contributed by atoms with Crippen LogP contribution < -0.4 is 15.4 Å². The number of amides is 3. The molecule has 0 unspecified atom stereocenters. The van der Waals surface area contributed by atoms with Gasteiger partial charge in [-0.2, -0.15) is 0 Å². The van der Waals surface area contributed by atoms with Crippen molar-refractivity contribution >= 4 is 41.0 Å². The Morgan fingerprint density at radius 2 is 1.88 bits per heavy atom. The molecule has 3 N–H and O–H groups in total. The highest BCUT2D eigenvalue weighted by molar-refractivity contribution is 6.35. The van der Waals surface area contributed by atoms with Crippen molar-refractivity contribution in [3.8, 4) is 5.75 Å². The first-order valence-electron chi connectivity index (χ1n) is 10.9. The quantitative estimate of drug-likeness (QED) is 0.537. The minimum Gasteiger partial charge on any atom is -0.497 e. The summed E-state index contributed by atoms with van der Waals surface area (Å²) >= 11 is 6.31. The summed E-state index contributed by atoms with van der Waals surface area (Å²) in [5, 5.41) is 15.5. The van der Waals surface area contributed by atoms with Gasteiger partial charge in [-0.1, -0.05) is 35.9 Å². The van der Waals surface area contributed by atoms with Gasteiger partial charge in [0.15, 0.2) is 0 Å². The molecule has 34 heavy (non-hydrogen) atoms. The van der Waals surface area contributed by atoms with E-state index in [9.17, 15) is 24.3 Å². The number of aliphatic carboxylic acids is 1. The standard InChI is InChI=1S/C24H22ClN3O6/c1-34-13-7-5-12(6-8-13)11-28-21(31)18-16(9-10-17(29)30)27-24(19(18)22(28)32)14-3-2-4-15(25)20(14)26-23(24)33/h2-8,16,18-19,27H,9-11H2,1H3,(H,26,33)(H,29,30)/t16-,18+,19+,24+/m1/s1. The molecule has 0 bridgehead atoms. The number of carboxylic acids is 1. The molecule has 9 nitrogen and oxygen atoms in total. The Bertz CT molecular complexity index is 1220. The fraction of sp³-hybridized carbons (Fsp3) is 0.333. The number of ether oxygens (including phenoxy) is 1. The molecule has 5 rings (SSSR count). The van der Waals surface area contributed by atoms with E-state index in [2.05, 4.69) is 10.6 Å². The van der Waals surface area contributed by atoms with Gasteiger partial charge in [0.1, 0.15) is 11.3 Å². The van der Waals surface area contributed by atoms with Crippen molar-refractivity contribution in [3.05, 3.63) is 58.6 Å². The van der Waals surface area contributed by atoms with Crippen LogP contribution in [0, 0.1) is 11.8 Å². The van der Waals surface area contributed by atoms with Crippen molar-refractivity contribution in [2.45, 2.75) is 31.0 Å². The predicted octanol–water partition coefficient (Wildman–Crippen LogP) is 2.13. The van der Waals surface area contributed by atoms with E-state index in [0.29, 0.717) is 22.0 Å². The minimum atomic E-state index is -1.50. The fourth-order valence-electron chi connectivity index (χ4n) is 5.45. The molecule has 0 aliphatic carbocycles. The molecule has 0 radical (unpaired) electrons. The zero-order chi connectivity index (χ0) is 24.2. The monoisotopic (exact) mass is 483 g/mol. The highest BCUT2D eigenvalue weighted by Gasteiger charge is 2.70. The largest absolute Gasteiger partial charge is 0.497 e. The molecule has 4 atom stereocenters. The van der Waals surface area contributed by atoms with Gasteiger partial charge in [0.25, 0.3) is 0 Å². The van der Waals surface area contributed by atoms with Gasteiger partial charge in [-0.05, 0) is 30.2 Å². The summed E-state index contributed by atoms with van der Waals surface area (Å²) in [5.74, 6) is -3.64. The Morgan fingerprint density at radius 1 is 1.15 bits per heavy atom. The van der Waals surface area contributed by atoms with Crippen molar-refractivity contribution in [1.29, 1.82) is 0 Å². The molecule has 10 heteroatoms. The lowest BCUT2D eigenvalue weighted by Gasteiger charge is -2.29. The second-order valence-electron chi connectivity index (χ2n) is 8.72. The number of imide groups is 1. The number of likely N-dealkylation sites (tertiary alicyclic amines) is 1. The molecule has 3 aliphatic heterocycles. The van der Waals surface area contributed by atoms with Gasteiger partial charge in [0.2, 0.25) is 17.7 Å². The van der Waals surface area contributed by atoms with Crippen molar-refractivity contribution in [2.75, 3.05) is 12.4 Å². The second-order valence-corrected chi connectivity index (χ2v) is 9.13. The molecule has 2 aromatic carbocycles. The SMILES string of the molecule is COc1ccc(CN2C(=O)[C@@H]3[C@@H](C2=O)[C@]2(N[C@@H]3CCC(=O)O)C(=O)Nc3c(Cl)cccc32)cc1. The number of benzene rings is 2. The van der Waals surface area contributed by atoms with E-state index in [-0.39, 0.29) is 19.4 Å². The number of rotatable bonds is 6. The van der Waals surface area contributed by atoms with E-state index in [1.54, 1.807) is 49.6 Å². The van der Waals surface area contributed by atoms with Crippen molar-refractivity contribution < 1.29 is 29.0 Å². The number of nitrogens with zero attached hydrogens (tertiary/aromatic N) is 1. The maximum Gasteiger partial charge on any atom is 0.303 e. The van der Waals surface area contributed by atoms with E-state index in [0.717, 1.165) is 5.56 Å². The number of methoxy groups -OCH3 is 1. The number of carbonyl (C=O) groups excluding carboxylic acids is 3. The summed E-state index contributed by atoms with van der Waals surface area (Å²) in [6, 6.07) is 11.3. The molecule has 2 aromatic rings. The average Bonchev–Trinajstić information content (AvgIpc) is 3.40. The topological polar surface area (TPSA) is 125 Å². The van der Waals surface area contributed by atoms with Gasteiger partial charge >= 0.3 is 5.97 Å². The average molecular weight is 484 g/mol. The van der Waals surface area contributed by atoms with Gasteiger partial charge in [-0.15, -0.1) is 0 Å². The second kappa shape index (κ2) is 8.11. The predicted molar refractivity (Wildman–Crippen MR) is 121 cm³/mol. The summed E-state index contributed by atoms with van der Waals surface area (Å²) in [5.41, 5.74) is 0.111. The van der Waals surface area contributed by atoms with Gasteiger partial charge in [-0.25, -0.2) is 0 Å². The molecule has 1 spiro atoms. The Kier molecular flexibility index (Phi) is 5.33. The van der Waals surface area contributed by atoms with E-state index in [4.69, 9.17) is 16.3 Å². The van der Waals surface area contributed by atoms with Gasteiger partial charge in [0.05, 0.1) is 36.2 Å². The summed E-state index contributed by atoms with van der Waals surface area (Å²) in [6.07, 6.45) is -0.113. The first kappa shape index (κ1) is 22.4. The van der Waals surface area contributed by atoms with Crippen LogP contribution >= 0.6 is 11.6 Å². The molecular weight excluding hydrogens is 462 g/mol. The molecule has 2 saturated heterocycles. The third kappa shape index (κ3) is 3.19. The number of anilines is 1. The summed E-state index contributed by atoms with van der Waals surface area (Å²) in [6.45, 7) is 0.0421. The number of halogens is 1. The van der Waals surface area contributed by atoms with Crippen LogP contribution in [0.4, 0.5) is 5.69 Å². The van der Waals surface area contributed by atoms with Crippen LogP contribution in [0.2, 0.25) is 5.02 Å². The van der Waals surface area contributed by atoms with Crippen LogP contribution in [0.25, 0.3) is 0 Å². The van der Waals surface area contributed by atoms with Gasteiger partial charge in [-0.3, -0.25) is 29.4 Å². The van der Waals surface area contributed by atoms with Crippen LogP contribution in [-0.2, 0) is 31.3 Å². The maximum atomic E-state index is 13.7. The van der Waals surface area contributed by atoms with Gasteiger partial charge < -0.3 is 15.2 Å². The molecule has 3 amide bonds. The van der Waals surface area contributed by atoms with E-state index in [1.807, 2.05) is 0 Å². The fourth-order valence-corrected chi connectivity index (χ4v) is 5.67. The molecule has 176 valence electrons. The van der Waals surface area contributed by atoms with Crippen LogP contribution in [0.3, 0.4) is 0 Å². The summed E-state index contributed by atoms with van der Waals surface area (Å²) in [4.78, 5) is 53.1. The van der Waals surface area contributed by atoms with E-state index < -0.39 is 47.1 Å². The highest BCUT2D eigenvalue weighted by atomic mass is 35.5. The van der Waals surface area contributed by atoms with Gasteiger partial charge in [0, 0.05) is 18.0 Å². The van der Waals surface area contributed by atoms with Crippen molar-refractivity contribution in [3.63, 3.8) is 0 Å². The lowest BCUT2D eigenvalue weighted by Crippen LogP contribution is -2.53. The molecule has 2 fully saturated rings. The van der Waals surface area contributed by atoms with Crippen LogP contribution in [0.15, 0.2) is 42.5 Å². The Morgan fingerprint density at radius 3 is 2.56 bits per heavy atom. The third-order valence-electron chi connectivity index (χ3n) is 6.96. The molecule has 0 saturated carbocycles. The maximum absolute atomic E-state index is 13.7. The normalized spacial score (nSPS) is 27.2. The van der Waals surface area contributed by atoms with Crippen molar-refractivity contribution in [2.24, 2.45) is 11.8 Å². The van der Waals surface area contributed by atoms with Crippen LogP contribution in [0.1, 0.15) is 24.0 Å². The zero-order valence-electron chi connectivity index (χ0n) is 18.2. The summed E-state index contributed by atoms with van der Waals surface area (Å²) in [7, 11) is 1.55. The number of para-hydroxylation sites is 1. The zero-order valence-corrected chi connectivity index (χ0v) is 19.0. The minimum absolute atomic E-state index is 0.0421. The number of nitrogens with one attached hydrogen (secondary N) is 2. The lowest BCUT2D eigenvalue weighted by atomic mass is 9.76. The van der Waals surface area contributed by atoms with E-state index in [1.165, 1.54) is 4.90 Å². The van der Waals surface area contributed by atoms with Crippen LogP contribution in [0.5, 0.6) is 5.75 Å². The Hall–Kier alpha value is -3.43. The number of hydrogen-bond donors (Lipinski definition) is 3. The lowest BCUT2D eigenvalue weighted by molar-refractivity contribution is -0.144. The number of hydrogen-bond acceptors (Lipinski definition) is 6. The first-order valence-corrected chi connectivity index (χ1v) is 11.2. The first-order chi connectivity index (χ1) is 16.3. The number of carboxylic acid groups (broad SMARTS) is 1. The van der Waals surface area contributed by atoms with E-state index >= 15 is 0 Å². The highest BCUT2D eigenvalue weighted by Crippen LogP contribution is 2.54. The number of carbonyl (C=O) groups is 4.